The monoisotopic (exact) mass is 324 g/mol. The van der Waals surface area contributed by atoms with Gasteiger partial charge < -0.3 is 10.1 Å². The number of nitriles is 1. The van der Waals surface area contributed by atoms with Crippen LogP contribution in [0.3, 0.4) is 0 Å². The summed E-state index contributed by atoms with van der Waals surface area (Å²) in [5, 5.41) is 11.1. The van der Waals surface area contributed by atoms with Crippen LogP contribution < -0.4 is 5.32 Å². The molecule has 1 amide bonds. The number of nitrogens with zero attached hydrogens (tertiary/aromatic N) is 1. The Morgan fingerprint density at radius 3 is 2.84 bits per heavy atom. The maximum Gasteiger partial charge on any atom is 0.307 e. The minimum absolute atomic E-state index is 0.0180. The molecule has 0 radical (unpaired) electrons. The van der Waals surface area contributed by atoms with E-state index in [2.05, 4.69) is 26.0 Å². The van der Waals surface area contributed by atoms with Gasteiger partial charge in [-0.25, -0.2) is 0 Å². The van der Waals surface area contributed by atoms with Gasteiger partial charge in [0, 0.05) is 4.47 Å². The Hall–Kier alpha value is -1.87. The van der Waals surface area contributed by atoms with Gasteiger partial charge in [0.05, 0.1) is 25.6 Å². The van der Waals surface area contributed by atoms with Crippen LogP contribution in [0.4, 0.5) is 0 Å². The molecule has 6 heteroatoms. The Labute approximate surface area is 119 Å². The van der Waals surface area contributed by atoms with E-state index in [0.717, 1.165) is 10.0 Å². The van der Waals surface area contributed by atoms with Crippen molar-refractivity contribution in [2.24, 2.45) is 0 Å². The van der Waals surface area contributed by atoms with E-state index in [0.29, 0.717) is 0 Å². The van der Waals surface area contributed by atoms with Gasteiger partial charge in [0.1, 0.15) is 6.42 Å². The quantitative estimate of drug-likeness (QED) is 0.841. The van der Waals surface area contributed by atoms with Crippen molar-refractivity contribution in [2.45, 2.75) is 18.9 Å². The minimum atomic E-state index is -0.509. The number of hydrogen-bond donors (Lipinski definition) is 1. The molecule has 0 aromatic heterocycles. The molecule has 0 unspecified atom stereocenters. The summed E-state index contributed by atoms with van der Waals surface area (Å²) in [6.45, 7) is 0. The van der Waals surface area contributed by atoms with Crippen molar-refractivity contribution in [2.75, 3.05) is 7.11 Å². The van der Waals surface area contributed by atoms with E-state index < -0.39 is 17.9 Å². The summed E-state index contributed by atoms with van der Waals surface area (Å²) in [4.78, 5) is 22.9. The highest BCUT2D eigenvalue weighted by molar-refractivity contribution is 9.10. The smallest absolute Gasteiger partial charge is 0.307 e. The summed E-state index contributed by atoms with van der Waals surface area (Å²) in [6, 6.07) is 8.51. The molecule has 1 aromatic carbocycles. The third-order valence-corrected chi connectivity index (χ3v) is 2.92. The number of rotatable bonds is 5. The summed E-state index contributed by atoms with van der Waals surface area (Å²) in [7, 11) is 1.29. The Balaban J connectivity index is 2.89. The van der Waals surface area contributed by atoms with Crippen molar-refractivity contribution in [3.8, 4) is 6.07 Å². The van der Waals surface area contributed by atoms with E-state index >= 15 is 0 Å². The summed E-state index contributed by atoms with van der Waals surface area (Å²) in [5.41, 5.74) is 0.770. The van der Waals surface area contributed by atoms with Gasteiger partial charge >= 0.3 is 5.97 Å². The van der Waals surface area contributed by atoms with Crippen molar-refractivity contribution in [3.05, 3.63) is 34.3 Å². The standard InChI is InChI=1S/C13H13BrN2O3/c1-19-13(18)8-11(16-12(17)5-6-15)9-3-2-4-10(14)7-9/h2-4,7,11H,5,8H2,1H3,(H,16,17)/t11-/m1/s1. The summed E-state index contributed by atoms with van der Waals surface area (Å²) >= 11 is 3.33. The predicted octanol–water partition coefficient (Wildman–Crippen LogP) is 2.08. The van der Waals surface area contributed by atoms with Crippen LogP contribution in [0.1, 0.15) is 24.4 Å². The zero-order valence-electron chi connectivity index (χ0n) is 10.4. The van der Waals surface area contributed by atoms with Gasteiger partial charge in [-0.1, -0.05) is 28.1 Å². The highest BCUT2D eigenvalue weighted by atomic mass is 79.9. The third kappa shape index (κ3) is 5.10. The molecule has 19 heavy (non-hydrogen) atoms. The van der Waals surface area contributed by atoms with E-state index in [1.165, 1.54) is 7.11 Å². The van der Waals surface area contributed by atoms with E-state index in [-0.39, 0.29) is 12.8 Å². The Bertz CT molecular complexity index is 511. The van der Waals surface area contributed by atoms with Gasteiger partial charge in [0.2, 0.25) is 5.91 Å². The van der Waals surface area contributed by atoms with E-state index in [4.69, 9.17) is 5.26 Å². The highest BCUT2D eigenvalue weighted by Gasteiger charge is 2.18. The molecular weight excluding hydrogens is 312 g/mol. The molecule has 0 saturated heterocycles. The molecule has 0 heterocycles. The van der Waals surface area contributed by atoms with Gasteiger partial charge in [0.15, 0.2) is 0 Å². The number of ether oxygens (including phenoxy) is 1. The van der Waals surface area contributed by atoms with Crippen molar-refractivity contribution in [1.29, 1.82) is 5.26 Å². The van der Waals surface area contributed by atoms with E-state index in [1.54, 1.807) is 24.3 Å². The first-order valence-electron chi connectivity index (χ1n) is 5.55. The number of carbonyl (C=O) groups excluding carboxylic acids is 2. The molecule has 0 bridgehead atoms. The SMILES string of the molecule is COC(=O)C[C@@H](NC(=O)CC#N)c1cccc(Br)c1. The van der Waals surface area contributed by atoms with Crippen molar-refractivity contribution in [1.82, 2.24) is 5.32 Å². The third-order valence-electron chi connectivity index (χ3n) is 2.42. The number of carbonyl (C=O) groups is 2. The second-order valence-electron chi connectivity index (χ2n) is 3.79. The lowest BCUT2D eigenvalue weighted by molar-refractivity contribution is -0.141. The Morgan fingerprint density at radius 2 is 2.26 bits per heavy atom. The summed E-state index contributed by atoms with van der Waals surface area (Å²) in [6.07, 6.45) is -0.226. The molecule has 1 rings (SSSR count). The maximum absolute atomic E-state index is 11.5. The molecule has 1 atom stereocenters. The molecule has 0 aliphatic rings. The van der Waals surface area contributed by atoms with Crippen LogP contribution in [-0.4, -0.2) is 19.0 Å². The average Bonchev–Trinajstić information content (AvgIpc) is 2.38. The van der Waals surface area contributed by atoms with Crippen LogP contribution in [0.25, 0.3) is 0 Å². The van der Waals surface area contributed by atoms with Crippen molar-refractivity contribution < 1.29 is 14.3 Å². The lowest BCUT2D eigenvalue weighted by Gasteiger charge is -2.17. The zero-order valence-corrected chi connectivity index (χ0v) is 11.9. The fraction of sp³-hybridized carbons (Fsp3) is 0.308. The number of benzene rings is 1. The lowest BCUT2D eigenvalue weighted by atomic mass is 10.0. The van der Waals surface area contributed by atoms with Crippen LogP contribution in [0, 0.1) is 11.3 Å². The Kier molecular flexibility index (Phi) is 6.03. The fourth-order valence-electron chi connectivity index (χ4n) is 1.54. The molecule has 0 aliphatic heterocycles. The molecule has 100 valence electrons. The van der Waals surface area contributed by atoms with Crippen LogP contribution in [0.2, 0.25) is 0 Å². The van der Waals surface area contributed by atoms with Crippen molar-refractivity contribution >= 4 is 27.8 Å². The molecule has 0 aliphatic carbocycles. The molecule has 1 aromatic rings. The fourth-order valence-corrected chi connectivity index (χ4v) is 1.96. The summed E-state index contributed by atoms with van der Waals surface area (Å²) < 4.78 is 5.45. The Morgan fingerprint density at radius 1 is 1.53 bits per heavy atom. The van der Waals surface area contributed by atoms with Gasteiger partial charge in [-0.3, -0.25) is 9.59 Å². The van der Waals surface area contributed by atoms with Crippen LogP contribution in [-0.2, 0) is 14.3 Å². The molecule has 0 fully saturated rings. The van der Waals surface area contributed by atoms with Gasteiger partial charge in [-0.05, 0) is 17.7 Å². The average molecular weight is 325 g/mol. The lowest BCUT2D eigenvalue weighted by Crippen LogP contribution is -2.30. The van der Waals surface area contributed by atoms with E-state index in [9.17, 15) is 9.59 Å². The number of nitrogens with one attached hydrogen (secondary N) is 1. The number of amides is 1. The number of halogens is 1. The zero-order chi connectivity index (χ0) is 14.3. The predicted molar refractivity (Wildman–Crippen MR) is 71.9 cm³/mol. The maximum atomic E-state index is 11.5. The second kappa shape index (κ2) is 7.54. The van der Waals surface area contributed by atoms with Crippen LogP contribution in [0.15, 0.2) is 28.7 Å². The second-order valence-corrected chi connectivity index (χ2v) is 4.71. The minimum Gasteiger partial charge on any atom is -0.469 e. The molecule has 0 saturated carbocycles. The largest absolute Gasteiger partial charge is 0.469 e. The topological polar surface area (TPSA) is 79.2 Å². The first-order chi connectivity index (χ1) is 9.06. The van der Waals surface area contributed by atoms with Gasteiger partial charge in [0.25, 0.3) is 0 Å². The number of esters is 1. The molecule has 1 N–H and O–H groups in total. The molecule has 0 spiro atoms. The van der Waals surface area contributed by atoms with E-state index in [1.807, 2.05) is 6.07 Å². The molecular formula is C13H13BrN2O3. The van der Waals surface area contributed by atoms with Gasteiger partial charge in [-0.2, -0.15) is 5.26 Å². The van der Waals surface area contributed by atoms with Crippen molar-refractivity contribution in [3.63, 3.8) is 0 Å². The first kappa shape index (κ1) is 15.2. The van der Waals surface area contributed by atoms with Gasteiger partial charge in [-0.15, -0.1) is 0 Å². The normalized spacial score (nSPS) is 11.2. The number of methoxy groups -OCH3 is 1. The summed E-state index contributed by atoms with van der Waals surface area (Å²) in [5.74, 6) is -0.849. The van der Waals surface area contributed by atoms with Crippen LogP contribution >= 0.6 is 15.9 Å². The molecule has 5 nitrogen and oxygen atoms in total. The highest BCUT2D eigenvalue weighted by Crippen LogP contribution is 2.21. The number of hydrogen-bond acceptors (Lipinski definition) is 4. The first-order valence-corrected chi connectivity index (χ1v) is 6.34. The van der Waals surface area contributed by atoms with Crippen LogP contribution in [0.5, 0.6) is 0 Å².